The molecule has 9 heteroatoms. The van der Waals surface area contributed by atoms with E-state index < -0.39 is 5.54 Å². The molecular weight excluding hydrogens is 456 g/mol. The van der Waals surface area contributed by atoms with Crippen LogP contribution in [0.3, 0.4) is 0 Å². The lowest BCUT2D eigenvalue weighted by Crippen LogP contribution is -2.45. The second kappa shape index (κ2) is 12.5. The maximum atomic E-state index is 12.5. The van der Waals surface area contributed by atoms with Crippen molar-refractivity contribution >= 4 is 11.8 Å². The van der Waals surface area contributed by atoms with Crippen LogP contribution in [0.15, 0.2) is 28.8 Å². The average Bonchev–Trinajstić information content (AvgIpc) is 3.23. The molecule has 2 amide bonds. The molecule has 0 atom stereocenters. The van der Waals surface area contributed by atoms with Crippen LogP contribution < -0.4 is 10.6 Å². The van der Waals surface area contributed by atoms with Crippen molar-refractivity contribution < 1.29 is 14.1 Å². The normalized spacial score (nSPS) is 18.9. The van der Waals surface area contributed by atoms with Crippen molar-refractivity contribution in [1.82, 2.24) is 30.6 Å². The van der Waals surface area contributed by atoms with Gasteiger partial charge in [-0.15, -0.1) is 0 Å². The number of amides is 2. The minimum Gasteiger partial charge on any atom is -0.352 e. The quantitative estimate of drug-likeness (QED) is 0.515. The first kappa shape index (κ1) is 26.3. The molecule has 1 saturated carbocycles. The highest BCUT2D eigenvalue weighted by molar-refractivity contribution is 5.76. The molecule has 1 saturated heterocycles. The molecule has 2 heterocycles. The van der Waals surface area contributed by atoms with Gasteiger partial charge in [0, 0.05) is 59.0 Å². The second-order valence-electron chi connectivity index (χ2n) is 10.4. The predicted molar refractivity (Wildman–Crippen MR) is 137 cm³/mol. The summed E-state index contributed by atoms with van der Waals surface area (Å²) in [6, 6.07) is 8.44. The Labute approximate surface area is 214 Å². The van der Waals surface area contributed by atoms with Crippen LogP contribution in [-0.4, -0.2) is 65.0 Å². The summed E-state index contributed by atoms with van der Waals surface area (Å²) in [5.41, 5.74) is 1.80. The number of carbonyl (C=O) groups excluding carboxylic acids is 2. The van der Waals surface area contributed by atoms with Gasteiger partial charge in [0.25, 0.3) is 0 Å². The van der Waals surface area contributed by atoms with Gasteiger partial charge in [0.15, 0.2) is 5.82 Å². The van der Waals surface area contributed by atoms with Crippen LogP contribution in [0, 0.1) is 0 Å². The first-order valence-electron chi connectivity index (χ1n) is 13.3. The van der Waals surface area contributed by atoms with Crippen LogP contribution in [-0.2, 0) is 34.6 Å². The van der Waals surface area contributed by atoms with Crippen LogP contribution in [0.25, 0.3) is 0 Å². The molecule has 1 aliphatic heterocycles. The zero-order valence-corrected chi connectivity index (χ0v) is 21.7. The molecule has 0 spiro atoms. The van der Waals surface area contributed by atoms with E-state index in [1.807, 2.05) is 6.07 Å². The molecule has 36 heavy (non-hydrogen) atoms. The van der Waals surface area contributed by atoms with E-state index in [-0.39, 0.29) is 18.2 Å². The summed E-state index contributed by atoms with van der Waals surface area (Å²) in [6.45, 7) is 7.34. The number of likely N-dealkylation sites (N-methyl/N-ethyl adjacent to an activating group) is 1. The molecule has 4 rings (SSSR count). The Morgan fingerprint density at radius 2 is 1.78 bits per heavy atom. The minimum atomic E-state index is -0.568. The van der Waals surface area contributed by atoms with Crippen LogP contribution in [0.5, 0.6) is 0 Å². The molecule has 9 nitrogen and oxygen atoms in total. The Hall–Kier alpha value is -2.78. The van der Waals surface area contributed by atoms with Crippen LogP contribution >= 0.6 is 0 Å². The molecule has 2 fully saturated rings. The largest absolute Gasteiger partial charge is 0.352 e. The third-order valence-electron chi connectivity index (χ3n) is 7.32. The molecule has 1 aliphatic carbocycles. The van der Waals surface area contributed by atoms with Crippen molar-refractivity contribution in [2.75, 3.05) is 33.2 Å². The predicted octanol–water partition coefficient (Wildman–Crippen LogP) is 2.75. The molecule has 0 radical (unpaired) electrons. The van der Waals surface area contributed by atoms with Gasteiger partial charge in [-0.05, 0) is 31.0 Å². The number of piperazine rings is 1. The summed E-state index contributed by atoms with van der Waals surface area (Å²) in [5, 5.41) is 10.3. The maximum Gasteiger partial charge on any atom is 0.227 e. The summed E-state index contributed by atoms with van der Waals surface area (Å²) in [7, 11) is 2.16. The Morgan fingerprint density at radius 3 is 2.50 bits per heavy atom. The van der Waals surface area contributed by atoms with E-state index in [0.29, 0.717) is 24.7 Å². The highest BCUT2D eigenvalue weighted by atomic mass is 16.5. The molecule has 1 aromatic heterocycles. The van der Waals surface area contributed by atoms with Crippen molar-refractivity contribution in [2.45, 2.75) is 76.9 Å². The van der Waals surface area contributed by atoms with Crippen molar-refractivity contribution in [3.05, 3.63) is 47.1 Å². The van der Waals surface area contributed by atoms with E-state index in [2.05, 4.69) is 55.8 Å². The summed E-state index contributed by atoms with van der Waals surface area (Å²) in [4.78, 5) is 33.8. The van der Waals surface area contributed by atoms with E-state index in [1.165, 1.54) is 12.5 Å². The average molecular weight is 497 g/mol. The standard InChI is InChI=1S/C27H40N6O3/c1-21(34)30-27(12-5-3-4-6-13-27)26-29-25(36-31-26)11-10-24(35)28-19-22-8-7-9-23(18-22)20-33-16-14-32(2)15-17-33/h7-9,18H,3-6,10-17,19-20H2,1-2H3,(H,28,35)(H,30,34). The van der Waals surface area contributed by atoms with Crippen LogP contribution in [0.4, 0.5) is 0 Å². The molecule has 2 N–H and O–H groups in total. The topological polar surface area (TPSA) is 104 Å². The van der Waals surface area contributed by atoms with Gasteiger partial charge in [0.1, 0.15) is 5.54 Å². The zero-order valence-electron chi connectivity index (χ0n) is 21.7. The molecule has 0 bridgehead atoms. The Balaban J connectivity index is 1.26. The fraction of sp³-hybridized carbons (Fsp3) is 0.630. The maximum absolute atomic E-state index is 12.5. The molecule has 0 unspecified atom stereocenters. The van der Waals surface area contributed by atoms with E-state index in [0.717, 1.165) is 76.8 Å². The lowest BCUT2D eigenvalue weighted by Gasteiger charge is -2.32. The van der Waals surface area contributed by atoms with Gasteiger partial charge in [-0.1, -0.05) is 55.1 Å². The molecule has 2 aromatic rings. The molecule has 2 aliphatic rings. The molecule has 1 aromatic carbocycles. The molecular formula is C27H40N6O3. The fourth-order valence-corrected chi connectivity index (χ4v) is 5.24. The number of aryl methyl sites for hydroxylation is 1. The SMILES string of the molecule is CC(=O)NC1(c2noc(CCC(=O)NCc3cccc(CN4CCN(C)CC4)c3)n2)CCCCCC1. The number of rotatable bonds is 9. The lowest BCUT2D eigenvalue weighted by atomic mass is 9.89. The second-order valence-corrected chi connectivity index (χ2v) is 10.4. The number of aromatic nitrogens is 2. The minimum absolute atomic E-state index is 0.0507. The van der Waals surface area contributed by atoms with E-state index in [4.69, 9.17) is 4.52 Å². The Bertz CT molecular complexity index is 1010. The Morgan fingerprint density at radius 1 is 1.06 bits per heavy atom. The number of nitrogens with zero attached hydrogens (tertiary/aromatic N) is 4. The van der Waals surface area contributed by atoms with Crippen molar-refractivity contribution in [3.63, 3.8) is 0 Å². The fourth-order valence-electron chi connectivity index (χ4n) is 5.24. The third kappa shape index (κ3) is 7.36. The van der Waals surface area contributed by atoms with Gasteiger partial charge >= 0.3 is 0 Å². The van der Waals surface area contributed by atoms with Gasteiger partial charge in [-0.2, -0.15) is 4.98 Å². The smallest absolute Gasteiger partial charge is 0.227 e. The first-order valence-corrected chi connectivity index (χ1v) is 13.3. The van der Waals surface area contributed by atoms with E-state index >= 15 is 0 Å². The van der Waals surface area contributed by atoms with Crippen LogP contribution in [0.2, 0.25) is 0 Å². The summed E-state index contributed by atoms with van der Waals surface area (Å²) >= 11 is 0. The number of benzene rings is 1. The summed E-state index contributed by atoms with van der Waals surface area (Å²) < 4.78 is 5.47. The van der Waals surface area contributed by atoms with E-state index in [9.17, 15) is 9.59 Å². The van der Waals surface area contributed by atoms with E-state index in [1.54, 1.807) is 0 Å². The van der Waals surface area contributed by atoms with Gasteiger partial charge in [-0.3, -0.25) is 14.5 Å². The number of carbonyl (C=O) groups is 2. The number of nitrogens with one attached hydrogen (secondary N) is 2. The zero-order chi connectivity index (χ0) is 25.4. The van der Waals surface area contributed by atoms with Gasteiger partial charge in [0.2, 0.25) is 17.7 Å². The van der Waals surface area contributed by atoms with Crippen molar-refractivity contribution in [1.29, 1.82) is 0 Å². The Kier molecular flexibility index (Phi) is 9.09. The van der Waals surface area contributed by atoms with Gasteiger partial charge in [0.05, 0.1) is 0 Å². The van der Waals surface area contributed by atoms with Crippen LogP contribution in [0.1, 0.15) is 74.7 Å². The molecule has 196 valence electrons. The summed E-state index contributed by atoms with van der Waals surface area (Å²) in [5.74, 6) is 0.830. The number of hydrogen-bond acceptors (Lipinski definition) is 7. The highest BCUT2D eigenvalue weighted by Gasteiger charge is 2.38. The number of hydrogen-bond donors (Lipinski definition) is 2. The van der Waals surface area contributed by atoms with Crippen molar-refractivity contribution in [3.8, 4) is 0 Å². The first-order chi connectivity index (χ1) is 17.4. The van der Waals surface area contributed by atoms with Gasteiger partial charge < -0.3 is 20.1 Å². The van der Waals surface area contributed by atoms with Crippen molar-refractivity contribution in [2.24, 2.45) is 0 Å². The highest BCUT2D eigenvalue weighted by Crippen LogP contribution is 2.34. The monoisotopic (exact) mass is 496 g/mol. The summed E-state index contributed by atoms with van der Waals surface area (Å²) in [6.07, 6.45) is 6.58. The van der Waals surface area contributed by atoms with Gasteiger partial charge in [-0.25, -0.2) is 0 Å². The lowest BCUT2D eigenvalue weighted by molar-refractivity contribution is -0.122. The third-order valence-corrected chi connectivity index (χ3v) is 7.32.